The van der Waals surface area contributed by atoms with E-state index in [1.807, 2.05) is 48.5 Å². The Balaban J connectivity index is 1.52. The van der Waals surface area contributed by atoms with Crippen LogP contribution in [0.1, 0.15) is 32.1 Å². The van der Waals surface area contributed by atoms with Crippen LogP contribution < -0.4 is 25.3 Å². The summed E-state index contributed by atoms with van der Waals surface area (Å²) in [5.41, 5.74) is 6.79. The van der Waals surface area contributed by atoms with Gasteiger partial charge in [0.05, 0.1) is 25.9 Å². The molecule has 0 unspecified atom stereocenters. The minimum Gasteiger partial charge on any atom is -0.497 e. The van der Waals surface area contributed by atoms with Gasteiger partial charge in [0, 0.05) is 5.56 Å². The van der Waals surface area contributed by atoms with Crippen molar-refractivity contribution in [1.82, 2.24) is 20.1 Å². The Hall–Kier alpha value is -3.75. The molecule has 0 spiro atoms. The van der Waals surface area contributed by atoms with E-state index in [1.54, 1.807) is 11.8 Å². The minimum absolute atomic E-state index is 0.323. The largest absolute Gasteiger partial charge is 0.497 e. The summed E-state index contributed by atoms with van der Waals surface area (Å²) in [6, 6.07) is 15.0. The molecule has 9 nitrogen and oxygen atoms in total. The first kappa shape index (κ1) is 23.4. The van der Waals surface area contributed by atoms with Crippen molar-refractivity contribution in [3.8, 4) is 34.6 Å². The van der Waals surface area contributed by atoms with Crippen molar-refractivity contribution in [2.45, 2.75) is 32.1 Å². The zero-order valence-electron chi connectivity index (χ0n) is 19.4. The number of benzene rings is 2. The van der Waals surface area contributed by atoms with E-state index in [9.17, 15) is 4.79 Å². The summed E-state index contributed by atoms with van der Waals surface area (Å²) in [5, 5.41) is 7.15. The zero-order valence-corrected chi connectivity index (χ0v) is 19.4. The lowest BCUT2D eigenvalue weighted by molar-refractivity contribution is 0.196. The van der Waals surface area contributed by atoms with E-state index in [1.165, 1.54) is 32.1 Å². The number of ether oxygens (including phenoxy) is 3. The molecule has 180 valence electrons. The van der Waals surface area contributed by atoms with Crippen molar-refractivity contribution in [1.29, 1.82) is 0 Å². The first-order valence-electron chi connectivity index (χ1n) is 11.6. The number of hydrogen-bond donors (Lipinski definition) is 2. The van der Waals surface area contributed by atoms with E-state index >= 15 is 0 Å². The van der Waals surface area contributed by atoms with Crippen LogP contribution in [0, 0.1) is 5.92 Å². The topological polar surface area (TPSA) is 114 Å². The van der Waals surface area contributed by atoms with Gasteiger partial charge >= 0.3 is 12.0 Å². The van der Waals surface area contributed by atoms with Gasteiger partial charge in [-0.1, -0.05) is 19.3 Å². The van der Waals surface area contributed by atoms with E-state index in [0.29, 0.717) is 43.3 Å². The van der Waals surface area contributed by atoms with Gasteiger partial charge in [0.15, 0.2) is 5.82 Å². The van der Waals surface area contributed by atoms with E-state index < -0.39 is 6.03 Å². The fraction of sp³-hybridized carbons (Fsp3) is 0.400. The van der Waals surface area contributed by atoms with E-state index in [2.05, 4.69) is 10.4 Å². The lowest BCUT2D eigenvalue weighted by atomic mass is 9.90. The average molecular weight is 466 g/mol. The first-order valence-corrected chi connectivity index (χ1v) is 11.6. The number of carbonyl (C=O) groups is 1. The van der Waals surface area contributed by atoms with Gasteiger partial charge in [-0.05, 0) is 67.3 Å². The Bertz CT molecular complexity index is 1060. The highest BCUT2D eigenvalue weighted by Crippen LogP contribution is 2.28. The molecule has 0 saturated heterocycles. The predicted octanol–water partition coefficient (Wildman–Crippen LogP) is 3.95. The summed E-state index contributed by atoms with van der Waals surface area (Å²) in [6.45, 7) is 1.30. The molecule has 1 fully saturated rings. The van der Waals surface area contributed by atoms with Crippen LogP contribution in [0.2, 0.25) is 0 Å². The summed E-state index contributed by atoms with van der Waals surface area (Å²) in [6.07, 6.45) is 6.23. The molecule has 3 N–H and O–H groups in total. The third-order valence-electron chi connectivity index (χ3n) is 5.86. The SMILES string of the molecule is COc1ccc(-n2nc(OCC3CCCCC3)nc2-c2ccc(OCCNC(N)=O)cc2)cc1. The Labute approximate surface area is 199 Å². The van der Waals surface area contributed by atoms with Crippen molar-refractivity contribution in [2.24, 2.45) is 11.7 Å². The van der Waals surface area contributed by atoms with Crippen molar-refractivity contribution in [3.05, 3.63) is 48.5 Å². The highest BCUT2D eigenvalue weighted by atomic mass is 16.5. The lowest BCUT2D eigenvalue weighted by Crippen LogP contribution is -2.32. The van der Waals surface area contributed by atoms with Gasteiger partial charge in [-0.25, -0.2) is 9.48 Å². The fourth-order valence-electron chi connectivity index (χ4n) is 4.03. The van der Waals surface area contributed by atoms with Gasteiger partial charge in [-0.3, -0.25) is 0 Å². The number of nitrogens with zero attached hydrogens (tertiary/aromatic N) is 3. The summed E-state index contributed by atoms with van der Waals surface area (Å²) in [7, 11) is 1.64. The lowest BCUT2D eigenvalue weighted by Gasteiger charge is -2.20. The van der Waals surface area contributed by atoms with Crippen molar-refractivity contribution >= 4 is 6.03 Å². The Morgan fingerprint density at radius 2 is 1.74 bits per heavy atom. The summed E-state index contributed by atoms with van der Waals surface area (Å²) < 4.78 is 18.7. The molecule has 1 aliphatic rings. The van der Waals surface area contributed by atoms with Crippen LogP contribution in [0.4, 0.5) is 4.79 Å². The van der Waals surface area contributed by atoms with E-state index in [-0.39, 0.29) is 0 Å². The molecule has 34 heavy (non-hydrogen) atoms. The quantitative estimate of drug-likeness (QED) is 0.438. The monoisotopic (exact) mass is 465 g/mol. The van der Waals surface area contributed by atoms with Gasteiger partial charge in [0.1, 0.15) is 18.1 Å². The molecule has 1 aliphatic carbocycles. The molecule has 0 radical (unpaired) electrons. The van der Waals surface area contributed by atoms with Crippen LogP contribution >= 0.6 is 0 Å². The number of methoxy groups -OCH3 is 1. The Morgan fingerprint density at radius 3 is 2.41 bits per heavy atom. The van der Waals surface area contributed by atoms with Gasteiger partial charge in [-0.2, -0.15) is 4.98 Å². The molecule has 0 atom stereocenters. The second kappa shape index (κ2) is 11.4. The second-order valence-electron chi connectivity index (χ2n) is 8.31. The summed E-state index contributed by atoms with van der Waals surface area (Å²) >= 11 is 0. The molecule has 9 heteroatoms. The van der Waals surface area contributed by atoms with Crippen molar-refractivity contribution in [2.75, 3.05) is 26.9 Å². The highest BCUT2D eigenvalue weighted by molar-refractivity contribution is 5.71. The minimum atomic E-state index is -0.571. The molecule has 2 amide bonds. The number of primary amides is 1. The van der Waals surface area contributed by atoms with Gasteiger partial charge in [-0.15, -0.1) is 5.10 Å². The number of rotatable bonds is 10. The number of aromatic nitrogens is 3. The van der Waals surface area contributed by atoms with Crippen LogP contribution in [-0.2, 0) is 0 Å². The number of nitrogens with two attached hydrogens (primary N) is 1. The maximum atomic E-state index is 10.8. The normalized spacial score (nSPS) is 13.9. The van der Waals surface area contributed by atoms with Crippen LogP contribution in [0.25, 0.3) is 17.1 Å². The molecule has 2 aromatic carbocycles. The molecule has 1 saturated carbocycles. The van der Waals surface area contributed by atoms with Gasteiger partial charge in [0.2, 0.25) is 0 Å². The predicted molar refractivity (Wildman–Crippen MR) is 128 cm³/mol. The molecule has 3 aromatic rings. The molecular formula is C25H31N5O4. The molecule has 1 aromatic heterocycles. The maximum Gasteiger partial charge on any atom is 0.336 e. The molecular weight excluding hydrogens is 434 g/mol. The van der Waals surface area contributed by atoms with Crippen molar-refractivity contribution < 1.29 is 19.0 Å². The Morgan fingerprint density at radius 1 is 1.03 bits per heavy atom. The third kappa shape index (κ3) is 6.18. The summed E-state index contributed by atoms with van der Waals surface area (Å²) in [5.74, 6) is 2.68. The van der Waals surface area contributed by atoms with Crippen LogP contribution in [-0.4, -0.2) is 47.7 Å². The second-order valence-corrected chi connectivity index (χ2v) is 8.31. The van der Waals surface area contributed by atoms with Crippen LogP contribution in [0.15, 0.2) is 48.5 Å². The summed E-state index contributed by atoms with van der Waals surface area (Å²) in [4.78, 5) is 15.5. The molecule has 0 aliphatic heterocycles. The average Bonchev–Trinajstić information content (AvgIpc) is 3.30. The fourth-order valence-corrected chi connectivity index (χ4v) is 4.03. The number of carbonyl (C=O) groups excluding carboxylic acids is 1. The number of nitrogens with one attached hydrogen (secondary N) is 1. The number of hydrogen-bond acceptors (Lipinski definition) is 6. The Kier molecular flexibility index (Phi) is 7.85. The number of urea groups is 1. The number of amides is 2. The van der Waals surface area contributed by atoms with Crippen LogP contribution in [0.3, 0.4) is 0 Å². The van der Waals surface area contributed by atoms with Crippen LogP contribution in [0.5, 0.6) is 17.5 Å². The highest BCUT2D eigenvalue weighted by Gasteiger charge is 2.18. The molecule has 4 rings (SSSR count). The zero-order chi connectivity index (χ0) is 23.8. The third-order valence-corrected chi connectivity index (χ3v) is 5.86. The van der Waals surface area contributed by atoms with Crippen molar-refractivity contribution in [3.63, 3.8) is 0 Å². The van der Waals surface area contributed by atoms with E-state index in [4.69, 9.17) is 24.9 Å². The van der Waals surface area contributed by atoms with Gasteiger partial charge < -0.3 is 25.3 Å². The maximum absolute atomic E-state index is 10.8. The molecule has 1 heterocycles. The van der Waals surface area contributed by atoms with E-state index in [0.717, 1.165) is 17.0 Å². The standard InChI is InChI=1S/C25H31N5O4/c1-32-21-13-9-20(10-14-21)30-23(28-25(29-30)34-17-18-5-3-2-4-6-18)19-7-11-22(12-8-19)33-16-15-27-24(26)31/h7-14,18H,2-6,15-17H2,1H3,(H3,26,27,31). The smallest absolute Gasteiger partial charge is 0.336 e. The molecule has 0 bridgehead atoms. The first-order chi connectivity index (χ1) is 16.6. The van der Waals surface area contributed by atoms with Gasteiger partial charge in [0.25, 0.3) is 0 Å².